The maximum Gasteiger partial charge on any atom is 0.341 e. The predicted molar refractivity (Wildman–Crippen MR) is 117 cm³/mol. The third-order valence-corrected chi connectivity index (χ3v) is 6.60. The van der Waals surface area contributed by atoms with Gasteiger partial charge < -0.3 is 9.64 Å². The van der Waals surface area contributed by atoms with E-state index in [0.29, 0.717) is 25.2 Å². The number of aryl methyl sites for hydroxylation is 3. The summed E-state index contributed by atoms with van der Waals surface area (Å²) in [6.45, 7) is 4.58. The molecule has 3 aromatic rings. The lowest BCUT2D eigenvalue weighted by Gasteiger charge is -2.40. The number of hydrogen-bond donors (Lipinski definition) is 0. The Morgan fingerprint density at radius 1 is 1.22 bits per heavy atom. The summed E-state index contributed by atoms with van der Waals surface area (Å²) in [4.78, 5) is 24.1. The number of hydrogen-bond acceptors (Lipinski definition) is 7. The van der Waals surface area contributed by atoms with Crippen molar-refractivity contribution in [3.8, 4) is 17.1 Å². The fourth-order valence-corrected chi connectivity index (χ4v) is 4.80. The van der Waals surface area contributed by atoms with E-state index in [0.717, 1.165) is 27.3 Å². The van der Waals surface area contributed by atoms with Crippen molar-refractivity contribution in [2.45, 2.75) is 32.4 Å². The number of ether oxygens (including phenoxy) is 1. The fourth-order valence-electron chi connectivity index (χ4n) is 3.91. The molecule has 0 radical (unpaired) electrons. The van der Waals surface area contributed by atoms with Crippen LogP contribution in [0.4, 0.5) is 9.18 Å². The SMILES string of the molecule is Cc1ncc([C@@H]2CC=NN2C(=O)N2CC(Oc3cc(-c4c(C)cnn4C)ncc3F)C2)s1. The van der Waals surface area contributed by atoms with Crippen LogP contribution in [-0.2, 0) is 7.05 Å². The Labute approximate surface area is 188 Å². The monoisotopic (exact) mass is 455 g/mol. The van der Waals surface area contributed by atoms with Crippen molar-refractivity contribution < 1.29 is 13.9 Å². The first-order valence-electron chi connectivity index (χ1n) is 10.2. The number of hydrazone groups is 1. The van der Waals surface area contributed by atoms with E-state index < -0.39 is 5.82 Å². The first-order valence-corrected chi connectivity index (χ1v) is 11.1. The summed E-state index contributed by atoms with van der Waals surface area (Å²) in [5, 5.41) is 10.9. The van der Waals surface area contributed by atoms with Gasteiger partial charge in [-0.05, 0) is 19.4 Å². The van der Waals surface area contributed by atoms with E-state index >= 15 is 0 Å². The van der Waals surface area contributed by atoms with Crippen LogP contribution in [0.5, 0.6) is 5.75 Å². The van der Waals surface area contributed by atoms with E-state index in [1.165, 1.54) is 5.01 Å². The smallest absolute Gasteiger partial charge is 0.341 e. The Morgan fingerprint density at radius 3 is 2.72 bits per heavy atom. The second-order valence-electron chi connectivity index (χ2n) is 7.90. The quantitative estimate of drug-likeness (QED) is 0.602. The van der Waals surface area contributed by atoms with Gasteiger partial charge in [0.2, 0.25) is 0 Å². The highest BCUT2D eigenvalue weighted by Crippen LogP contribution is 2.34. The molecule has 5 rings (SSSR count). The molecular formula is C21H22FN7O2S. The topological polar surface area (TPSA) is 88.7 Å². The third-order valence-electron chi connectivity index (χ3n) is 5.59. The van der Waals surface area contributed by atoms with Crippen LogP contribution in [0, 0.1) is 19.7 Å². The van der Waals surface area contributed by atoms with E-state index in [1.807, 2.05) is 20.9 Å². The molecule has 5 heterocycles. The molecule has 1 atom stereocenters. The molecule has 0 bridgehead atoms. The van der Waals surface area contributed by atoms with Crippen molar-refractivity contribution in [1.29, 1.82) is 0 Å². The Morgan fingerprint density at radius 2 is 2.03 bits per heavy atom. The van der Waals surface area contributed by atoms with Gasteiger partial charge in [0.15, 0.2) is 11.6 Å². The minimum absolute atomic E-state index is 0.116. The Bertz CT molecular complexity index is 1180. The van der Waals surface area contributed by atoms with Crippen LogP contribution in [0.2, 0.25) is 0 Å². The number of nitrogens with zero attached hydrogens (tertiary/aromatic N) is 7. The Balaban J connectivity index is 1.24. The van der Waals surface area contributed by atoms with Gasteiger partial charge in [-0.25, -0.2) is 19.2 Å². The fraction of sp³-hybridized carbons (Fsp3) is 0.381. The number of halogens is 1. The number of likely N-dealkylation sites (tertiary alicyclic amines) is 1. The van der Waals surface area contributed by atoms with Crippen molar-refractivity contribution in [3.05, 3.63) is 45.9 Å². The van der Waals surface area contributed by atoms with Crippen LogP contribution >= 0.6 is 11.3 Å². The zero-order valence-corrected chi connectivity index (χ0v) is 18.7. The molecule has 0 N–H and O–H groups in total. The van der Waals surface area contributed by atoms with Crippen LogP contribution in [0.25, 0.3) is 11.4 Å². The van der Waals surface area contributed by atoms with E-state index in [9.17, 15) is 9.18 Å². The molecule has 0 unspecified atom stereocenters. The van der Waals surface area contributed by atoms with Gasteiger partial charge in [-0.3, -0.25) is 9.67 Å². The lowest BCUT2D eigenvalue weighted by atomic mass is 10.1. The normalized spacial score (nSPS) is 18.3. The first-order chi connectivity index (χ1) is 15.4. The summed E-state index contributed by atoms with van der Waals surface area (Å²) in [5.74, 6) is -0.423. The maximum atomic E-state index is 14.4. The summed E-state index contributed by atoms with van der Waals surface area (Å²) in [6, 6.07) is 1.27. The van der Waals surface area contributed by atoms with Crippen molar-refractivity contribution in [2.24, 2.45) is 12.1 Å². The molecule has 32 heavy (non-hydrogen) atoms. The molecule has 0 aliphatic carbocycles. The van der Waals surface area contributed by atoms with Gasteiger partial charge in [0.1, 0.15) is 6.10 Å². The molecule has 2 aliphatic rings. The molecule has 1 saturated heterocycles. The van der Waals surface area contributed by atoms with Gasteiger partial charge in [0, 0.05) is 36.8 Å². The van der Waals surface area contributed by atoms with Crippen LogP contribution in [0.3, 0.4) is 0 Å². The number of rotatable bonds is 4. The number of pyridine rings is 1. The lowest BCUT2D eigenvalue weighted by molar-refractivity contribution is 0.0258. The van der Waals surface area contributed by atoms with Gasteiger partial charge in [-0.2, -0.15) is 10.2 Å². The third kappa shape index (κ3) is 3.62. The summed E-state index contributed by atoms with van der Waals surface area (Å²) in [6.07, 6.45) is 6.80. The molecule has 2 aliphatic heterocycles. The average molecular weight is 456 g/mol. The van der Waals surface area contributed by atoms with Gasteiger partial charge in [-0.15, -0.1) is 11.3 Å². The van der Waals surface area contributed by atoms with Gasteiger partial charge in [0.05, 0.1) is 47.9 Å². The summed E-state index contributed by atoms with van der Waals surface area (Å²) >= 11 is 1.57. The molecule has 0 saturated carbocycles. The highest BCUT2D eigenvalue weighted by Gasteiger charge is 2.39. The molecule has 1 fully saturated rings. The van der Waals surface area contributed by atoms with Gasteiger partial charge in [-0.1, -0.05) is 0 Å². The molecule has 9 nitrogen and oxygen atoms in total. The second kappa shape index (κ2) is 7.97. The molecule has 2 amide bonds. The zero-order valence-electron chi connectivity index (χ0n) is 17.9. The zero-order chi connectivity index (χ0) is 22.4. The minimum Gasteiger partial charge on any atom is -0.483 e. The number of carbonyl (C=O) groups excluding carboxylic acids is 1. The number of thiazole rings is 1. The number of aromatic nitrogens is 4. The van der Waals surface area contributed by atoms with Crippen LogP contribution in [-0.4, -0.2) is 61.1 Å². The first kappa shape index (κ1) is 20.6. The number of carbonyl (C=O) groups is 1. The van der Waals surface area contributed by atoms with Crippen molar-refractivity contribution in [1.82, 2.24) is 29.7 Å². The van der Waals surface area contributed by atoms with Crippen LogP contribution < -0.4 is 4.74 Å². The Kier molecular flexibility index (Phi) is 5.12. The van der Waals surface area contributed by atoms with E-state index in [4.69, 9.17) is 4.74 Å². The summed E-state index contributed by atoms with van der Waals surface area (Å²) in [5.41, 5.74) is 2.33. The van der Waals surface area contributed by atoms with E-state index in [2.05, 4.69) is 20.2 Å². The van der Waals surface area contributed by atoms with Gasteiger partial charge in [0.25, 0.3) is 0 Å². The molecule has 0 aromatic carbocycles. The van der Waals surface area contributed by atoms with Crippen molar-refractivity contribution >= 4 is 23.6 Å². The number of urea groups is 1. The summed E-state index contributed by atoms with van der Waals surface area (Å²) < 4.78 is 21.9. The van der Waals surface area contributed by atoms with Crippen molar-refractivity contribution in [2.75, 3.05) is 13.1 Å². The van der Waals surface area contributed by atoms with Gasteiger partial charge >= 0.3 is 6.03 Å². The highest BCUT2D eigenvalue weighted by atomic mass is 32.1. The van der Waals surface area contributed by atoms with E-state index in [-0.39, 0.29) is 23.9 Å². The largest absolute Gasteiger partial charge is 0.483 e. The van der Waals surface area contributed by atoms with Crippen LogP contribution in [0.15, 0.2) is 29.8 Å². The predicted octanol–water partition coefficient (Wildman–Crippen LogP) is 3.31. The molecule has 166 valence electrons. The molecular weight excluding hydrogens is 433 g/mol. The number of amides is 2. The van der Waals surface area contributed by atoms with Crippen molar-refractivity contribution in [3.63, 3.8) is 0 Å². The Hall–Kier alpha value is -3.34. The molecule has 3 aromatic heterocycles. The average Bonchev–Trinajstić information content (AvgIpc) is 3.46. The highest BCUT2D eigenvalue weighted by molar-refractivity contribution is 7.11. The maximum absolute atomic E-state index is 14.4. The minimum atomic E-state index is -0.539. The second-order valence-corrected chi connectivity index (χ2v) is 9.17. The van der Waals surface area contributed by atoms with E-state index in [1.54, 1.807) is 45.6 Å². The molecule has 0 spiro atoms. The summed E-state index contributed by atoms with van der Waals surface area (Å²) in [7, 11) is 1.81. The molecule has 11 heteroatoms. The van der Waals surface area contributed by atoms with Crippen LogP contribution in [0.1, 0.15) is 27.9 Å². The standard InChI is InChI=1S/C21H22FN7O2S/c1-12-7-26-27(3)20(12)16-6-18(15(22)8-24-16)31-14-10-28(11-14)21(30)29-17(4-5-25-29)19-9-23-13(2)32-19/h5-9,14,17H,4,10-11H2,1-3H3/t17-/m0/s1. The lowest BCUT2D eigenvalue weighted by Crippen LogP contribution is -2.58.